The zero-order valence-electron chi connectivity index (χ0n) is 24.5. The minimum Gasteiger partial charge on any atom is -0.431 e. The van der Waals surface area contributed by atoms with E-state index in [-0.39, 0.29) is 17.0 Å². The summed E-state index contributed by atoms with van der Waals surface area (Å²) in [4.78, 5) is 42.5. The zero-order valence-corrected chi connectivity index (χ0v) is 25.3. The number of rotatable bonds is 4. The van der Waals surface area contributed by atoms with E-state index >= 15 is 4.39 Å². The molecule has 0 unspecified atom stereocenters. The van der Waals surface area contributed by atoms with Crippen molar-refractivity contribution in [2.45, 2.75) is 62.6 Å². The first-order valence-electron chi connectivity index (χ1n) is 14.4. The van der Waals surface area contributed by atoms with Crippen LogP contribution < -0.4 is 15.2 Å². The third kappa shape index (κ3) is 5.19. The number of hydrogen-bond donors (Lipinski definition) is 0. The number of aromatic nitrogens is 1. The molecule has 44 heavy (non-hydrogen) atoms. The van der Waals surface area contributed by atoms with Gasteiger partial charge in [0.05, 0.1) is 12.1 Å². The number of allylic oxidation sites excluding steroid dienone is 3. The normalized spacial score (nSPS) is 20.2. The van der Waals surface area contributed by atoms with Crippen molar-refractivity contribution in [2.75, 3.05) is 11.6 Å². The average molecular weight is 620 g/mol. The van der Waals surface area contributed by atoms with E-state index in [0.717, 1.165) is 22.1 Å². The Balaban J connectivity index is 1.62. The topological polar surface area (TPSA) is 81.1 Å². The van der Waals surface area contributed by atoms with Gasteiger partial charge in [-0.3, -0.25) is 19.3 Å². The molecule has 3 aliphatic heterocycles. The van der Waals surface area contributed by atoms with Crippen LogP contribution in [0.3, 0.4) is 0 Å². The lowest BCUT2D eigenvalue weighted by atomic mass is 9.91. The van der Waals surface area contributed by atoms with Gasteiger partial charge in [-0.25, -0.2) is 13.6 Å². The van der Waals surface area contributed by atoms with Crippen LogP contribution in [0.25, 0.3) is 0 Å². The molecule has 2 atom stereocenters. The molecule has 0 bridgehead atoms. The summed E-state index contributed by atoms with van der Waals surface area (Å²) in [5.74, 6) is -2.60. The second-order valence-electron chi connectivity index (χ2n) is 11.0. The summed E-state index contributed by atoms with van der Waals surface area (Å²) in [6.07, 6.45) is 6.22. The molecule has 0 aliphatic carbocycles. The second-order valence-corrected chi connectivity index (χ2v) is 12.1. The summed E-state index contributed by atoms with van der Waals surface area (Å²) in [5, 5.41) is 1.92. The number of piperidine rings is 1. The van der Waals surface area contributed by atoms with Crippen molar-refractivity contribution in [3.63, 3.8) is 0 Å². The molecule has 11 heteroatoms. The van der Waals surface area contributed by atoms with Crippen molar-refractivity contribution in [1.82, 2.24) is 9.58 Å². The van der Waals surface area contributed by atoms with E-state index in [2.05, 4.69) is 0 Å². The summed E-state index contributed by atoms with van der Waals surface area (Å²) in [5.41, 5.74) is 1.87. The van der Waals surface area contributed by atoms with Crippen molar-refractivity contribution in [3.8, 4) is 5.75 Å². The van der Waals surface area contributed by atoms with Crippen molar-refractivity contribution in [2.24, 2.45) is 0 Å². The molecule has 1 aromatic heterocycles. The minimum atomic E-state index is -1.11. The van der Waals surface area contributed by atoms with Gasteiger partial charge in [0.25, 0.3) is 5.91 Å². The Bertz CT molecular complexity index is 1770. The molecule has 2 aromatic carbocycles. The van der Waals surface area contributed by atoms with Gasteiger partial charge in [-0.1, -0.05) is 48.1 Å². The zero-order chi connectivity index (χ0) is 31.1. The van der Waals surface area contributed by atoms with Gasteiger partial charge in [0.2, 0.25) is 11.2 Å². The van der Waals surface area contributed by atoms with Crippen LogP contribution in [0.1, 0.15) is 66.8 Å². The first-order chi connectivity index (χ1) is 21.2. The van der Waals surface area contributed by atoms with E-state index in [1.54, 1.807) is 24.8 Å². The Morgan fingerprint density at radius 2 is 1.89 bits per heavy atom. The predicted molar refractivity (Wildman–Crippen MR) is 162 cm³/mol. The maximum absolute atomic E-state index is 15.5. The Kier molecular flexibility index (Phi) is 8.06. The van der Waals surface area contributed by atoms with E-state index in [1.165, 1.54) is 28.7 Å². The van der Waals surface area contributed by atoms with E-state index in [0.29, 0.717) is 24.9 Å². The highest BCUT2D eigenvalue weighted by molar-refractivity contribution is 7.98. The molecule has 0 saturated carbocycles. The van der Waals surface area contributed by atoms with Crippen molar-refractivity contribution >= 4 is 23.8 Å². The van der Waals surface area contributed by atoms with Crippen LogP contribution in [0.2, 0.25) is 0 Å². The molecule has 8 nitrogen and oxygen atoms in total. The van der Waals surface area contributed by atoms with Gasteiger partial charge < -0.3 is 14.4 Å². The summed E-state index contributed by atoms with van der Waals surface area (Å²) in [6, 6.07) is 10.9. The maximum Gasteiger partial charge on any atom is 0.514 e. The number of benzene rings is 2. The lowest BCUT2D eigenvalue weighted by molar-refractivity contribution is 0.0499. The summed E-state index contributed by atoms with van der Waals surface area (Å²) >= 11 is 1.41. The van der Waals surface area contributed by atoms with Crippen LogP contribution in [0, 0.1) is 11.6 Å². The van der Waals surface area contributed by atoms with Crippen LogP contribution in [0.5, 0.6) is 5.75 Å². The Labute approximate surface area is 257 Å². The van der Waals surface area contributed by atoms with Gasteiger partial charge in [0, 0.05) is 41.4 Å². The maximum atomic E-state index is 15.5. The number of amides is 1. The van der Waals surface area contributed by atoms with Gasteiger partial charge in [0.15, 0.2) is 17.3 Å². The van der Waals surface area contributed by atoms with Crippen molar-refractivity contribution < 1.29 is 27.8 Å². The fourth-order valence-electron chi connectivity index (χ4n) is 6.04. The fraction of sp³-hybridized carbons (Fsp3) is 0.303. The van der Waals surface area contributed by atoms with Crippen LogP contribution >= 0.6 is 11.8 Å². The monoisotopic (exact) mass is 619 g/mol. The van der Waals surface area contributed by atoms with Gasteiger partial charge in [-0.05, 0) is 50.5 Å². The Morgan fingerprint density at radius 3 is 2.66 bits per heavy atom. The predicted octanol–water partition coefficient (Wildman–Crippen LogP) is 6.46. The van der Waals surface area contributed by atoms with Gasteiger partial charge >= 0.3 is 6.16 Å². The van der Waals surface area contributed by atoms with Gasteiger partial charge in [-0.15, -0.1) is 11.8 Å². The quantitative estimate of drug-likeness (QED) is 0.310. The minimum absolute atomic E-state index is 0.145. The van der Waals surface area contributed by atoms with Crippen LogP contribution in [0.15, 0.2) is 82.2 Å². The standard InChI is InChI=1S/C33H31F2N3O5S/c1-4-5-8-20-13-15-36-27(17-20)38(37-16-14-25(39)31(30(37)32(36)40)43-33(41)42-19(2)3)29-21-11-12-24(34)28(35)23(21)18-44-26-10-7-6-9-22(26)29/h4-12,14,16,19,27,29H,13,15,17-18H2,1-3H3/b5-4-,20-8-/t27-,29+/m1/s1. The molecule has 1 saturated heterocycles. The van der Waals surface area contributed by atoms with E-state index in [1.807, 2.05) is 54.4 Å². The molecule has 6 rings (SSSR count). The number of halogens is 2. The van der Waals surface area contributed by atoms with Gasteiger partial charge in [0.1, 0.15) is 6.17 Å². The number of carbonyl (C=O) groups is 2. The summed E-state index contributed by atoms with van der Waals surface area (Å²) in [7, 11) is 0. The number of ether oxygens (including phenoxy) is 2. The largest absolute Gasteiger partial charge is 0.514 e. The fourth-order valence-corrected chi connectivity index (χ4v) is 7.15. The molecule has 228 valence electrons. The highest BCUT2D eigenvalue weighted by Crippen LogP contribution is 2.46. The highest BCUT2D eigenvalue weighted by Gasteiger charge is 2.47. The molecule has 3 aromatic rings. The molecule has 0 radical (unpaired) electrons. The summed E-state index contributed by atoms with van der Waals surface area (Å²) < 4.78 is 42.2. The second kappa shape index (κ2) is 12.0. The van der Waals surface area contributed by atoms with Crippen LogP contribution in [-0.2, 0) is 10.5 Å². The molecule has 1 fully saturated rings. The molecular weight excluding hydrogens is 588 g/mol. The molecule has 3 aliphatic rings. The van der Waals surface area contributed by atoms with E-state index < -0.39 is 53.2 Å². The molecule has 1 amide bonds. The number of fused-ring (bicyclic) bond motifs is 4. The number of nitrogens with zero attached hydrogens (tertiary/aromatic N) is 3. The van der Waals surface area contributed by atoms with E-state index in [9.17, 15) is 18.8 Å². The lowest BCUT2D eigenvalue weighted by Gasteiger charge is -2.52. The SMILES string of the molecule is C/C=C\C=C1\CCN2C(=O)c3c(OC(=O)OC(C)C)c(=O)ccn3N([C@@H]3c4ccccc4SCc4c3ccc(F)c4F)[C@@H]2C1. The molecule has 4 heterocycles. The Morgan fingerprint density at radius 1 is 1.09 bits per heavy atom. The van der Waals surface area contributed by atoms with E-state index in [4.69, 9.17) is 9.47 Å². The first kappa shape index (κ1) is 29.7. The van der Waals surface area contributed by atoms with Crippen LogP contribution in [0.4, 0.5) is 13.6 Å². The third-order valence-electron chi connectivity index (χ3n) is 7.95. The molecular formula is C33H31F2N3O5S. The number of pyridine rings is 1. The van der Waals surface area contributed by atoms with Crippen LogP contribution in [-0.4, -0.2) is 40.5 Å². The number of carbonyl (C=O) groups excluding carboxylic acids is 2. The number of hydrogen-bond acceptors (Lipinski definition) is 7. The highest BCUT2D eigenvalue weighted by atomic mass is 32.2. The third-order valence-corrected chi connectivity index (χ3v) is 9.07. The average Bonchev–Trinajstić information content (AvgIpc) is 3.16. The van der Waals surface area contributed by atoms with Crippen molar-refractivity contribution in [1.29, 1.82) is 0 Å². The number of thioether (sulfide) groups is 1. The lowest BCUT2D eigenvalue weighted by Crippen LogP contribution is -2.64. The Hall–Kier alpha value is -4.38. The summed E-state index contributed by atoms with van der Waals surface area (Å²) in [6.45, 7) is 5.53. The smallest absolute Gasteiger partial charge is 0.431 e. The molecule has 0 N–H and O–H groups in total. The first-order valence-corrected chi connectivity index (χ1v) is 15.4. The van der Waals surface area contributed by atoms with Crippen molar-refractivity contribution in [3.05, 3.63) is 117 Å². The van der Waals surface area contributed by atoms with Gasteiger partial charge in [-0.2, -0.15) is 0 Å². The molecule has 0 spiro atoms.